The molecule has 7 aromatic rings. The fraction of sp³-hybridized carbons (Fsp3) is 0. The van der Waals surface area contributed by atoms with Crippen LogP contribution in [0.3, 0.4) is 0 Å². The zero-order chi connectivity index (χ0) is 26.0. The van der Waals surface area contributed by atoms with Gasteiger partial charge in [0.05, 0.1) is 0 Å². The molecule has 0 unspecified atom stereocenters. The van der Waals surface area contributed by atoms with Gasteiger partial charge in [0.25, 0.3) is 0 Å². The summed E-state index contributed by atoms with van der Waals surface area (Å²) in [5.41, 5.74) is 10.4. The third-order valence-electron chi connectivity index (χ3n) is 6.56. The van der Waals surface area contributed by atoms with Crippen LogP contribution in [0.5, 0.6) is 0 Å². The summed E-state index contributed by atoms with van der Waals surface area (Å²) in [6, 6.07) is 32.8. The van der Waals surface area contributed by atoms with Gasteiger partial charge in [-0.15, -0.1) is 34.0 Å². The lowest BCUT2D eigenvalue weighted by Crippen LogP contribution is -1.88. The number of aromatic nitrogens is 3. The maximum atomic E-state index is 4.53. The van der Waals surface area contributed by atoms with Crippen LogP contribution in [0.2, 0.25) is 0 Å². The van der Waals surface area contributed by atoms with E-state index in [9.17, 15) is 0 Å². The first-order valence-corrected chi connectivity index (χ1v) is 15.1. The summed E-state index contributed by atoms with van der Waals surface area (Å²) < 4.78 is 0. The Morgan fingerprint density at radius 2 is 0.615 bits per heavy atom. The minimum atomic E-state index is 1.03. The van der Waals surface area contributed by atoms with E-state index < -0.39 is 0 Å². The molecule has 0 amide bonds. The molecule has 6 heteroatoms. The first-order valence-electron chi connectivity index (χ1n) is 12.5. The molecule has 4 aromatic carbocycles. The summed E-state index contributed by atoms with van der Waals surface area (Å²) in [5.74, 6) is 0. The lowest BCUT2D eigenvalue weighted by atomic mass is 9.92. The van der Waals surface area contributed by atoms with Crippen LogP contribution in [0.4, 0.5) is 0 Å². The molecule has 0 N–H and O–H groups in total. The largest absolute Gasteiger partial charge is 0.245 e. The molecule has 0 saturated heterocycles. The van der Waals surface area contributed by atoms with Crippen LogP contribution >= 0.6 is 34.0 Å². The lowest BCUT2D eigenvalue weighted by Gasteiger charge is -2.13. The van der Waals surface area contributed by atoms with E-state index in [1.165, 1.54) is 16.7 Å². The first-order chi connectivity index (χ1) is 19.3. The topological polar surface area (TPSA) is 38.7 Å². The van der Waals surface area contributed by atoms with Crippen molar-refractivity contribution in [3.63, 3.8) is 0 Å². The second kappa shape index (κ2) is 10.5. The van der Waals surface area contributed by atoms with Crippen molar-refractivity contribution in [3.05, 3.63) is 126 Å². The molecule has 3 nitrogen and oxygen atoms in total. The maximum Gasteiger partial charge on any atom is 0.123 e. The Morgan fingerprint density at radius 3 is 0.897 bits per heavy atom. The predicted molar refractivity (Wildman–Crippen MR) is 166 cm³/mol. The molecule has 0 aliphatic carbocycles. The summed E-state index contributed by atoms with van der Waals surface area (Å²) in [7, 11) is 0. The predicted octanol–water partition coefficient (Wildman–Crippen LogP) is 10.1. The van der Waals surface area contributed by atoms with Crippen molar-refractivity contribution in [2.45, 2.75) is 0 Å². The number of benzene rings is 4. The molecule has 3 aromatic heterocycles. The Morgan fingerprint density at radius 1 is 0.333 bits per heavy atom. The molecule has 0 atom stereocenters. The summed E-state index contributed by atoms with van der Waals surface area (Å²) in [6.07, 6.45) is 5.57. The molecule has 7 rings (SSSR count). The van der Waals surface area contributed by atoms with E-state index in [4.69, 9.17) is 0 Å². The third kappa shape index (κ3) is 4.98. The van der Waals surface area contributed by atoms with Crippen LogP contribution in [0.1, 0.15) is 0 Å². The summed E-state index contributed by atoms with van der Waals surface area (Å²) in [4.78, 5) is 13.6. The zero-order valence-corrected chi connectivity index (χ0v) is 23.1. The van der Waals surface area contributed by atoms with Crippen molar-refractivity contribution in [1.29, 1.82) is 0 Å². The number of hydrogen-bond acceptors (Lipinski definition) is 6. The molecule has 0 aliphatic heterocycles. The molecule has 0 radical (unpaired) electrons. The highest BCUT2D eigenvalue weighted by Crippen LogP contribution is 2.37. The molecule has 0 bridgehead atoms. The zero-order valence-electron chi connectivity index (χ0n) is 20.7. The van der Waals surface area contributed by atoms with E-state index in [1.54, 1.807) is 34.0 Å². The third-order valence-corrected chi connectivity index (χ3v) is 9.03. The molecule has 0 saturated carbocycles. The molecular weight excluding hydrogens is 535 g/mol. The van der Waals surface area contributed by atoms with Gasteiger partial charge in [-0.1, -0.05) is 54.6 Å². The quantitative estimate of drug-likeness (QED) is 0.205. The van der Waals surface area contributed by atoms with E-state index in [0.717, 1.165) is 48.4 Å². The van der Waals surface area contributed by atoms with Gasteiger partial charge in [-0.25, -0.2) is 15.0 Å². The van der Waals surface area contributed by atoms with Crippen molar-refractivity contribution in [2.24, 2.45) is 0 Å². The second-order valence-corrected chi connectivity index (χ2v) is 11.7. The molecule has 0 aliphatic rings. The van der Waals surface area contributed by atoms with E-state index in [0.29, 0.717) is 0 Å². The Bertz CT molecular complexity index is 1620. The summed E-state index contributed by atoms with van der Waals surface area (Å²) in [5, 5.41) is 9.14. The molecule has 0 spiro atoms. The van der Waals surface area contributed by atoms with Gasteiger partial charge in [0.2, 0.25) is 0 Å². The second-order valence-electron chi connectivity index (χ2n) is 9.05. The highest BCUT2D eigenvalue weighted by Gasteiger charge is 2.12. The average molecular weight is 556 g/mol. The number of nitrogens with zero attached hydrogens (tertiary/aromatic N) is 3. The van der Waals surface area contributed by atoms with Crippen LogP contribution in [0.25, 0.3) is 65.1 Å². The first kappa shape index (κ1) is 23.9. The fourth-order valence-corrected chi connectivity index (χ4v) is 6.63. The number of thiazole rings is 3. The minimum absolute atomic E-state index is 1.03. The summed E-state index contributed by atoms with van der Waals surface area (Å²) in [6.45, 7) is 0. The normalized spacial score (nSPS) is 11.1. The number of hydrogen-bond donors (Lipinski definition) is 0. The lowest BCUT2D eigenvalue weighted by molar-refractivity contribution is 1.41. The standard InChI is InChI=1S/C33H21N3S3/c1-4-22(16-25(7-1)31-34-10-13-37-31)28-19-29(23-5-2-8-26(17-23)32-35-11-14-38-32)21-30(20-28)24-6-3-9-27(18-24)33-36-12-15-39-33/h1-21H. The van der Waals surface area contributed by atoms with Gasteiger partial charge in [-0.05, 0) is 69.8 Å². The SMILES string of the molecule is c1cc(-c2cc(-c3cccc(-c4nccs4)c3)cc(-c3cccc(-c4nccs4)c3)c2)cc(-c2nccs2)c1. The highest BCUT2D eigenvalue weighted by atomic mass is 32.1. The van der Waals surface area contributed by atoms with E-state index in [2.05, 4.69) is 106 Å². The average Bonchev–Trinajstić information content (AvgIpc) is 3.81. The monoisotopic (exact) mass is 555 g/mol. The minimum Gasteiger partial charge on any atom is -0.245 e. The maximum absolute atomic E-state index is 4.53. The molecule has 0 fully saturated rings. The Balaban J connectivity index is 1.39. The van der Waals surface area contributed by atoms with Crippen LogP contribution in [0, 0.1) is 0 Å². The molecule has 39 heavy (non-hydrogen) atoms. The van der Waals surface area contributed by atoms with E-state index in [-0.39, 0.29) is 0 Å². The van der Waals surface area contributed by atoms with Gasteiger partial charge < -0.3 is 0 Å². The highest BCUT2D eigenvalue weighted by molar-refractivity contribution is 7.13. The smallest absolute Gasteiger partial charge is 0.123 e. The van der Waals surface area contributed by atoms with Gasteiger partial charge >= 0.3 is 0 Å². The van der Waals surface area contributed by atoms with Crippen molar-refractivity contribution in [3.8, 4) is 65.1 Å². The summed E-state index contributed by atoms with van der Waals surface area (Å²) >= 11 is 4.98. The van der Waals surface area contributed by atoms with Crippen LogP contribution in [-0.4, -0.2) is 15.0 Å². The van der Waals surface area contributed by atoms with Gasteiger partial charge in [-0.2, -0.15) is 0 Å². The Labute approximate surface area is 238 Å². The molecular formula is C33H21N3S3. The van der Waals surface area contributed by atoms with Gasteiger partial charge in [-0.3, -0.25) is 0 Å². The number of rotatable bonds is 6. The van der Waals surface area contributed by atoms with Crippen LogP contribution < -0.4 is 0 Å². The van der Waals surface area contributed by atoms with Gasteiger partial charge in [0, 0.05) is 51.4 Å². The van der Waals surface area contributed by atoms with E-state index >= 15 is 0 Å². The molecule has 3 heterocycles. The van der Waals surface area contributed by atoms with Crippen molar-refractivity contribution in [2.75, 3.05) is 0 Å². The molecule has 186 valence electrons. The van der Waals surface area contributed by atoms with Crippen molar-refractivity contribution >= 4 is 34.0 Å². The van der Waals surface area contributed by atoms with Crippen molar-refractivity contribution in [1.82, 2.24) is 15.0 Å². The van der Waals surface area contributed by atoms with E-state index in [1.807, 2.05) is 34.7 Å². The van der Waals surface area contributed by atoms with Gasteiger partial charge in [0.1, 0.15) is 15.0 Å². The van der Waals surface area contributed by atoms with Gasteiger partial charge in [0.15, 0.2) is 0 Å². The Kier molecular flexibility index (Phi) is 6.42. The van der Waals surface area contributed by atoms with Crippen LogP contribution in [0.15, 0.2) is 126 Å². The Hall–Kier alpha value is -4.23. The fourth-order valence-electron chi connectivity index (χ4n) is 4.72. The van der Waals surface area contributed by atoms with Crippen LogP contribution in [-0.2, 0) is 0 Å². The van der Waals surface area contributed by atoms with Crippen molar-refractivity contribution < 1.29 is 0 Å².